The first-order valence-electron chi connectivity index (χ1n) is 6.14. The van der Waals surface area contributed by atoms with Crippen LogP contribution in [-0.4, -0.2) is 25.5 Å². The molecule has 2 aromatic rings. The van der Waals surface area contributed by atoms with Gasteiger partial charge in [0.15, 0.2) is 0 Å². The van der Waals surface area contributed by atoms with Crippen LogP contribution in [0.5, 0.6) is 0 Å². The summed E-state index contributed by atoms with van der Waals surface area (Å²) in [6, 6.07) is 1.77. The van der Waals surface area contributed by atoms with Crippen molar-refractivity contribution in [1.82, 2.24) is 24.9 Å². The van der Waals surface area contributed by atoms with E-state index < -0.39 is 12.1 Å². The Balaban J connectivity index is 2.00. The predicted octanol–water partition coefficient (Wildman–Crippen LogP) is 1.83. The van der Waals surface area contributed by atoms with Crippen LogP contribution >= 0.6 is 11.6 Å². The second-order valence-electron chi connectivity index (χ2n) is 4.47. The van der Waals surface area contributed by atoms with E-state index in [0.717, 1.165) is 5.69 Å². The summed E-state index contributed by atoms with van der Waals surface area (Å²) < 4.78 is 28.1. The molecule has 2 rings (SSSR count). The van der Waals surface area contributed by atoms with Gasteiger partial charge >= 0.3 is 0 Å². The number of nitrogens with one attached hydrogen (secondary N) is 1. The molecule has 0 fully saturated rings. The number of carbonyl (C=O) groups excluding carboxylic acids is 1. The second kappa shape index (κ2) is 6.21. The average molecular weight is 318 g/mol. The van der Waals surface area contributed by atoms with Crippen molar-refractivity contribution in [1.29, 1.82) is 0 Å². The Hall–Kier alpha value is -1.96. The largest absolute Gasteiger partial charge is 0.349 e. The maximum Gasteiger partial charge on any atom is 0.283 e. The predicted molar refractivity (Wildman–Crippen MR) is 72.0 cm³/mol. The maximum absolute atomic E-state index is 12.7. The number of halogens is 3. The number of hydrogen-bond donors (Lipinski definition) is 1. The quantitative estimate of drug-likeness (QED) is 0.915. The minimum Gasteiger partial charge on any atom is -0.349 e. The molecule has 1 N–H and O–H groups in total. The fourth-order valence-electron chi connectivity index (χ4n) is 1.80. The van der Waals surface area contributed by atoms with Gasteiger partial charge in [-0.2, -0.15) is 10.2 Å². The molecular weight excluding hydrogens is 304 g/mol. The van der Waals surface area contributed by atoms with E-state index in [9.17, 15) is 13.6 Å². The van der Waals surface area contributed by atoms with Crippen molar-refractivity contribution < 1.29 is 13.6 Å². The van der Waals surface area contributed by atoms with E-state index in [1.165, 1.54) is 11.6 Å². The van der Waals surface area contributed by atoms with Crippen molar-refractivity contribution in [2.45, 2.75) is 26.4 Å². The molecule has 9 heteroatoms. The Morgan fingerprint density at radius 1 is 1.52 bits per heavy atom. The standard InChI is InChI=1S/C12H14ClF2N5O/c1-7-10(13)11(12(14)15)18-20(7)6-9(21)16-5-8-3-4-17-19(8)2/h3-4,12H,5-6H2,1-2H3,(H,16,21). The highest BCUT2D eigenvalue weighted by molar-refractivity contribution is 6.31. The fraction of sp³-hybridized carbons (Fsp3) is 0.417. The molecule has 0 radical (unpaired) electrons. The zero-order valence-electron chi connectivity index (χ0n) is 11.5. The first-order chi connectivity index (χ1) is 9.90. The number of rotatable bonds is 5. The normalized spacial score (nSPS) is 11.1. The number of alkyl halides is 2. The summed E-state index contributed by atoms with van der Waals surface area (Å²) in [4.78, 5) is 11.8. The van der Waals surface area contributed by atoms with Gasteiger partial charge in [-0.3, -0.25) is 14.2 Å². The fourth-order valence-corrected chi connectivity index (χ4v) is 2.01. The number of amides is 1. The maximum atomic E-state index is 12.7. The van der Waals surface area contributed by atoms with E-state index in [-0.39, 0.29) is 17.5 Å². The van der Waals surface area contributed by atoms with E-state index in [0.29, 0.717) is 12.2 Å². The molecule has 0 aliphatic rings. The highest BCUT2D eigenvalue weighted by Crippen LogP contribution is 2.28. The van der Waals surface area contributed by atoms with E-state index in [2.05, 4.69) is 15.5 Å². The molecule has 0 aromatic carbocycles. The monoisotopic (exact) mass is 317 g/mol. The minimum absolute atomic E-state index is 0.107. The molecule has 0 atom stereocenters. The lowest BCUT2D eigenvalue weighted by molar-refractivity contribution is -0.122. The third kappa shape index (κ3) is 3.38. The molecule has 6 nitrogen and oxygen atoms in total. The average Bonchev–Trinajstić information content (AvgIpc) is 2.95. The van der Waals surface area contributed by atoms with Crippen molar-refractivity contribution in [3.63, 3.8) is 0 Å². The van der Waals surface area contributed by atoms with Gasteiger partial charge < -0.3 is 5.32 Å². The van der Waals surface area contributed by atoms with Gasteiger partial charge in [-0.25, -0.2) is 8.78 Å². The Morgan fingerprint density at radius 3 is 2.76 bits per heavy atom. The number of aryl methyl sites for hydroxylation is 1. The van der Waals surface area contributed by atoms with Crippen LogP contribution in [0.4, 0.5) is 8.78 Å². The van der Waals surface area contributed by atoms with Crippen LogP contribution in [0.15, 0.2) is 12.3 Å². The summed E-state index contributed by atoms with van der Waals surface area (Å²) in [6.07, 6.45) is -1.15. The third-order valence-electron chi connectivity index (χ3n) is 3.05. The van der Waals surface area contributed by atoms with Gasteiger partial charge in [0.2, 0.25) is 5.91 Å². The molecule has 114 valence electrons. The lowest BCUT2D eigenvalue weighted by Gasteiger charge is -2.07. The van der Waals surface area contributed by atoms with Crippen molar-refractivity contribution in [3.05, 3.63) is 34.4 Å². The third-order valence-corrected chi connectivity index (χ3v) is 3.51. The van der Waals surface area contributed by atoms with Crippen LogP contribution in [0.3, 0.4) is 0 Å². The second-order valence-corrected chi connectivity index (χ2v) is 4.84. The first-order valence-corrected chi connectivity index (χ1v) is 6.52. The SMILES string of the molecule is Cc1c(Cl)c(C(F)F)nn1CC(=O)NCc1ccnn1C. The molecule has 0 spiro atoms. The lowest BCUT2D eigenvalue weighted by atomic mass is 10.4. The van der Waals surface area contributed by atoms with Gasteiger partial charge in [0.05, 0.1) is 23.0 Å². The van der Waals surface area contributed by atoms with Gasteiger partial charge in [0.25, 0.3) is 6.43 Å². The Morgan fingerprint density at radius 2 is 2.24 bits per heavy atom. The topological polar surface area (TPSA) is 64.7 Å². The molecule has 0 unspecified atom stereocenters. The van der Waals surface area contributed by atoms with E-state index in [4.69, 9.17) is 11.6 Å². The van der Waals surface area contributed by atoms with Crippen LogP contribution in [0.2, 0.25) is 5.02 Å². The number of carbonyl (C=O) groups is 1. The van der Waals surface area contributed by atoms with Crippen LogP contribution in [0.25, 0.3) is 0 Å². The van der Waals surface area contributed by atoms with Crippen molar-refractivity contribution in [2.75, 3.05) is 0 Å². The zero-order valence-corrected chi connectivity index (χ0v) is 12.2. The van der Waals surface area contributed by atoms with E-state index in [1.807, 2.05) is 0 Å². The van der Waals surface area contributed by atoms with Gasteiger partial charge in [0, 0.05) is 13.2 Å². The Bertz CT molecular complexity index is 652. The van der Waals surface area contributed by atoms with Crippen LogP contribution in [0.1, 0.15) is 23.5 Å². The number of nitrogens with zero attached hydrogens (tertiary/aromatic N) is 4. The van der Waals surface area contributed by atoms with Crippen molar-refractivity contribution in [3.8, 4) is 0 Å². The summed E-state index contributed by atoms with van der Waals surface area (Å²) in [7, 11) is 1.76. The van der Waals surface area contributed by atoms with E-state index in [1.54, 1.807) is 24.0 Å². The Kier molecular flexibility index (Phi) is 4.56. The zero-order chi connectivity index (χ0) is 15.6. The minimum atomic E-state index is -2.77. The molecule has 2 aromatic heterocycles. The summed E-state index contributed by atoms with van der Waals surface area (Å²) in [6.45, 7) is 1.66. The van der Waals surface area contributed by atoms with Crippen molar-refractivity contribution >= 4 is 17.5 Å². The highest BCUT2D eigenvalue weighted by Gasteiger charge is 2.21. The molecular formula is C12H14ClF2N5O. The van der Waals surface area contributed by atoms with Crippen LogP contribution in [0, 0.1) is 6.92 Å². The van der Waals surface area contributed by atoms with Crippen LogP contribution < -0.4 is 5.32 Å². The highest BCUT2D eigenvalue weighted by atomic mass is 35.5. The van der Waals surface area contributed by atoms with Gasteiger partial charge in [-0.1, -0.05) is 11.6 Å². The molecule has 0 saturated carbocycles. The van der Waals surface area contributed by atoms with Crippen molar-refractivity contribution in [2.24, 2.45) is 7.05 Å². The summed E-state index contributed by atoms with van der Waals surface area (Å²) in [5.41, 5.74) is 0.656. The smallest absolute Gasteiger partial charge is 0.283 e. The number of aromatic nitrogens is 4. The summed E-state index contributed by atoms with van der Waals surface area (Å²) >= 11 is 5.76. The van der Waals surface area contributed by atoms with Gasteiger partial charge in [-0.15, -0.1) is 0 Å². The molecule has 0 saturated heterocycles. The first kappa shape index (κ1) is 15.4. The lowest BCUT2D eigenvalue weighted by Crippen LogP contribution is -2.28. The van der Waals surface area contributed by atoms with E-state index >= 15 is 0 Å². The van der Waals surface area contributed by atoms with Gasteiger partial charge in [0.1, 0.15) is 12.2 Å². The number of hydrogen-bond acceptors (Lipinski definition) is 3. The molecule has 21 heavy (non-hydrogen) atoms. The van der Waals surface area contributed by atoms with Gasteiger partial charge in [-0.05, 0) is 13.0 Å². The molecule has 0 aliphatic heterocycles. The molecule has 1 amide bonds. The molecule has 0 aliphatic carbocycles. The Labute approximate surface area is 124 Å². The molecule has 2 heterocycles. The van der Waals surface area contributed by atoms with Crippen LogP contribution in [-0.2, 0) is 24.9 Å². The molecule has 0 bridgehead atoms. The summed E-state index contributed by atoms with van der Waals surface area (Å²) in [5.74, 6) is -0.348. The summed E-state index contributed by atoms with van der Waals surface area (Å²) in [5, 5.41) is 10.2.